The summed E-state index contributed by atoms with van der Waals surface area (Å²) in [7, 11) is 0. The third kappa shape index (κ3) is 2.17. The highest BCUT2D eigenvalue weighted by Crippen LogP contribution is 2.23. The topological polar surface area (TPSA) is 38.1 Å². The number of nitrogens with zero attached hydrogens (tertiary/aromatic N) is 1. The zero-order valence-electron chi connectivity index (χ0n) is 9.58. The summed E-state index contributed by atoms with van der Waals surface area (Å²) in [4.78, 5) is 0. The summed E-state index contributed by atoms with van der Waals surface area (Å²) in [5.74, 6) is 0.335. The Kier molecular flexibility index (Phi) is 2.81. The Hall–Kier alpha value is -1.42. The molecule has 0 aliphatic carbocycles. The minimum Gasteiger partial charge on any atom is -0.356 e. The van der Waals surface area contributed by atoms with Crippen molar-refractivity contribution in [2.75, 3.05) is 13.1 Å². The van der Waals surface area contributed by atoms with Gasteiger partial charge >= 0.3 is 0 Å². The monoisotopic (exact) mass is 234 g/mol. The lowest BCUT2D eigenvalue weighted by Crippen LogP contribution is -2.30. The number of rotatable bonds is 2. The second-order valence-electron chi connectivity index (χ2n) is 4.69. The van der Waals surface area contributed by atoms with Crippen molar-refractivity contribution in [2.24, 2.45) is 5.92 Å². The Labute approximate surface area is 99.0 Å². The molecule has 0 amide bonds. The SMILES string of the molecule is Fc1ccc2c(C[C@@H]3CCCNC3)noc2c1. The zero-order valence-corrected chi connectivity index (χ0v) is 9.58. The van der Waals surface area contributed by atoms with E-state index in [1.807, 2.05) is 0 Å². The average molecular weight is 234 g/mol. The molecule has 1 aromatic heterocycles. The number of piperidine rings is 1. The van der Waals surface area contributed by atoms with Crippen molar-refractivity contribution >= 4 is 11.0 Å². The molecular weight excluding hydrogens is 219 g/mol. The fourth-order valence-corrected chi connectivity index (χ4v) is 2.48. The smallest absolute Gasteiger partial charge is 0.170 e. The van der Waals surface area contributed by atoms with E-state index in [2.05, 4.69) is 10.5 Å². The highest BCUT2D eigenvalue weighted by molar-refractivity contribution is 5.79. The predicted molar refractivity (Wildman–Crippen MR) is 63.3 cm³/mol. The van der Waals surface area contributed by atoms with E-state index in [1.54, 1.807) is 6.07 Å². The van der Waals surface area contributed by atoms with Crippen molar-refractivity contribution in [2.45, 2.75) is 19.3 Å². The van der Waals surface area contributed by atoms with Crippen molar-refractivity contribution in [3.05, 3.63) is 29.7 Å². The second-order valence-corrected chi connectivity index (χ2v) is 4.69. The molecule has 1 saturated heterocycles. The van der Waals surface area contributed by atoms with Crippen LogP contribution >= 0.6 is 0 Å². The molecule has 0 bridgehead atoms. The third-order valence-electron chi connectivity index (χ3n) is 3.39. The lowest BCUT2D eigenvalue weighted by atomic mass is 9.94. The maximum Gasteiger partial charge on any atom is 0.170 e. The van der Waals surface area contributed by atoms with Crippen LogP contribution in [0.5, 0.6) is 0 Å². The van der Waals surface area contributed by atoms with E-state index in [9.17, 15) is 4.39 Å². The molecule has 1 fully saturated rings. The van der Waals surface area contributed by atoms with E-state index in [-0.39, 0.29) is 5.82 Å². The highest BCUT2D eigenvalue weighted by atomic mass is 19.1. The third-order valence-corrected chi connectivity index (χ3v) is 3.39. The molecular formula is C13H15FN2O. The molecule has 1 atom stereocenters. The van der Waals surface area contributed by atoms with Crippen LogP contribution in [0.2, 0.25) is 0 Å². The summed E-state index contributed by atoms with van der Waals surface area (Å²) in [6.07, 6.45) is 3.35. The minimum atomic E-state index is -0.278. The minimum absolute atomic E-state index is 0.278. The molecule has 1 aliphatic heterocycles. The van der Waals surface area contributed by atoms with Gasteiger partial charge in [0.1, 0.15) is 5.82 Å². The van der Waals surface area contributed by atoms with Crippen LogP contribution in [0.1, 0.15) is 18.5 Å². The van der Waals surface area contributed by atoms with Crippen LogP contribution in [0.4, 0.5) is 4.39 Å². The molecule has 90 valence electrons. The summed E-state index contributed by atoms with van der Waals surface area (Å²) in [6, 6.07) is 4.61. The second kappa shape index (κ2) is 4.45. The Bertz CT molecular complexity index is 517. The van der Waals surface area contributed by atoms with Gasteiger partial charge in [0, 0.05) is 11.5 Å². The molecule has 0 unspecified atom stereocenters. The quantitative estimate of drug-likeness (QED) is 0.867. The van der Waals surface area contributed by atoms with Gasteiger partial charge in [0.25, 0.3) is 0 Å². The average Bonchev–Trinajstić information content (AvgIpc) is 2.73. The van der Waals surface area contributed by atoms with E-state index in [0.29, 0.717) is 11.5 Å². The van der Waals surface area contributed by atoms with Crippen LogP contribution in [0.25, 0.3) is 11.0 Å². The molecule has 1 aromatic carbocycles. The van der Waals surface area contributed by atoms with Gasteiger partial charge in [-0.1, -0.05) is 5.16 Å². The van der Waals surface area contributed by atoms with Crippen LogP contribution in [0, 0.1) is 11.7 Å². The molecule has 3 nitrogen and oxygen atoms in total. The van der Waals surface area contributed by atoms with Gasteiger partial charge in [-0.05, 0) is 50.4 Å². The number of hydrogen-bond donors (Lipinski definition) is 1. The van der Waals surface area contributed by atoms with Crippen LogP contribution in [-0.2, 0) is 6.42 Å². The molecule has 0 radical (unpaired) electrons. The Morgan fingerprint density at radius 3 is 3.24 bits per heavy atom. The van der Waals surface area contributed by atoms with Gasteiger partial charge in [0.05, 0.1) is 5.69 Å². The highest BCUT2D eigenvalue weighted by Gasteiger charge is 2.17. The summed E-state index contributed by atoms with van der Waals surface area (Å²) >= 11 is 0. The number of aromatic nitrogens is 1. The van der Waals surface area contributed by atoms with Crippen molar-refractivity contribution in [3.63, 3.8) is 0 Å². The van der Waals surface area contributed by atoms with E-state index in [0.717, 1.165) is 30.6 Å². The van der Waals surface area contributed by atoms with Crippen LogP contribution < -0.4 is 5.32 Å². The molecule has 0 spiro atoms. The zero-order chi connectivity index (χ0) is 11.7. The lowest BCUT2D eigenvalue weighted by molar-refractivity contribution is 0.363. The van der Waals surface area contributed by atoms with Crippen molar-refractivity contribution in [3.8, 4) is 0 Å². The van der Waals surface area contributed by atoms with Crippen molar-refractivity contribution < 1.29 is 8.91 Å². The van der Waals surface area contributed by atoms with Gasteiger partial charge in [-0.25, -0.2) is 4.39 Å². The van der Waals surface area contributed by atoms with Gasteiger partial charge in [-0.2, -0.15) is 0 Å². The van der Waals surface area contributed by atoms with Crippen LogP contribution in [-0.4, -0.2) is 18.2 Å². The number of benzene rings is 1. The molecule has 2 heterocycles. The summed E-state index contributed by atoms with van der Waals surface area (Å²) < 4.78 is 18.2. The van der Waals surface area contributed by atoms with Gasteiger partial charge in [0.2, 0.25) is 0 Å². The first-order chi connectivity index (χ1) is 8.33. The molecule has 4 heteroatoms. The van der Waals surface area contributed by atoms with E-state index in [1.165, 1.54) is 25.0 Å². The molecule has 17 heavy (non-hydrogen) atoms. The maximum absolute atomic E-state index is 13.0. The van der Waals surface area contributed by atoms with Crippen LogP contribution in [0.15, 0.2) is 22.7 Å². The Morgan fingerprint density at radius 1 is 1.47 bits per heavy atom. The largest absolute Gasteiger partial charge is 0.356 e. The van der Waals surface area contributed by atoms with Gasteiger partial charge < -0.3 is 9.84 Å². The number of hydrogen-bond acceptors (Lipinski definition) is 3. The fraction of sp³-hybridized carbons (Fsp3) is 0.462. The molecule has 3 rings (SSSR count). The Morgan fingerprint density at radius 2 is 2.41 bits per heavy atom. The predicted octanol–water partition coefficient (Wildman–Crippen LogP) is 2.51. The van der Waals surface area contributed by atoms with E-state index < -0.39 is 0 Å². The van der Waals surface area contributed by atoms with Crippen molar-refractivity contribution in [1.82, 2.24) is 10.5 Å². The first kappa shape index (κ1) is 10.7. The number of halogens is 1. The molecule has 0 saturated carbocycles. The van der Waals surface area contributed by atoms with Crippen molar-refractivity contribution in [1.29, 1.82) is 0 Å². The molecule has 1 aliphatic rings. The lowest BCUT2D eigenvalue weighted by Gasteiger charge is -2.21. The molecule has 1 N–H and O–H groups in total. The van der Waals surface area contributed by atoms with Gasteiger partial charge in [0.15, 0.2) is 5.58 Å². The Balaban J connectivity index is 1.84. The van der Waals surface area contributed by atoms with Gasteiger partial charge in [-0.3, -0.25) is 0 Å². The van der Waals surface area contributed by atoms with Crippen LogP contribution in [0.3, 0.4) is 0 Å². The first-order valence-corrected chi connectivity index (χ1v) is 6.07. The summed E-state index contributed by atoms with van der Waals surface area (Å²) in [5, 5.41) is 8.39. The standard InChI is InChI=1S/C13H15FN2O/c14-10-3-4-11-12(16-17-13(11)7-10)6-9-2-1-5-15-8-9/h3-4,7,9,15H,1-2,5-6,8H2/t9-/m0/s1. The summed E-state index contributed by atoms with van der Waals surface area (Å²) in [5.41, 5.74) is 1.50. The van der Waals surface area contributed by atoms with E-state index >= 15 is 0 Å². The van der Waals surface area contributed by atoms with Gasteiger partial charge in [-0.15, -0.1) is 0 Å². The van der Waals surface area contributed by atoms with E-state index in [4.69, 9.17) is 4.52 Å². The summed E-state index contributed by atoms with van der Waals surface area (Å²) in [6.45, 7) is 2.15. The number of fused-ring (bicyclic) bond motifs is 1. The maximum atomic E-state index is 13.0. The normalized spacial score (nSPS) is 20.9. The number of nitrogens with one attached hydrogen (secondary N) is 1. The fourth-order valence-electron chi connectivity index (χ4n) is 2.48. The first-order valence-electron chi connectivity index (χ1n) is 6.07. The molecule has 2 aromatic rings.